The van der Waals surface area contributed by atoms with Gasteiger partial charge in [-0.2, -0.15) is 0 Å². The molecule has 1 atom stereocenters. The number of anilines is 1. The number of aromatic nitrogens is 1. The first-order chi connectivity index (χ1) is 17.5. The van der Waals surface area contributed by atoms with Crippen molar-refractivity contribution < 1.29 is 24.2 Å². The van der Waals surface area contributed by atoms with Gasteiger partial charge in [0, 0.05) is 17.1 Å². The van der Waals surface area contributed by atoms with Crippen LogP contribution in [0.15, 0.2) is 65.7 Å². The second kappa shape index (κ2) is 11.9. The fraction of sp³-hybridized carbons (Fsp3) is 0.321. The van der Waals surface area contributed by atoms with E-state index in [1.807, 2.05) is 31.2 Å². The van der Waals surface area contributed by atoms with Crippen LogP contribution in [0.3, 0.4) is 0 Å². The van der Waals surface area contributed by atoms with Crippen LogP contribution in [0.4, 0.5) is 5.13 Å². The molecule has 1 N–H and O–H groups in total. The Morgan fingerprint density at radius 1 is 1.00 bits per heavy atom. The highest BCUT2D eigenvalue weighted by molar-refractivity contribution is 7.14. The van der Waals surface area contributed by atoms with Crippen molar-refractivity contribution in [3.8, 4) is 11.5 Å². The van der Waals surface area contributed by atoms with Crippen LogP contribution in [0.1, 0.15) is 56.7 Å². The number of ketones is 1. The van der Waals surface area contributed by atoms with Crippen molar-refractivity contribution >= 4 is 33.9 Å². The third kappa shape index (κ3) is 5.44. The number of nitrogens with zero attached hydrogens (tertiary/aromatic N) is 2. The van der Waals surface area contributed by atoms with Gasteiger partial charge in [-0.15, -0.1) is 11.3 Å². The standard InChI is InChI=1S/C28H30N2O5S/c1-3-5-6-16-35-22-9-7-8-20(18-22)24-23(26(32)27(33)30(24)28-29-14-17-36-28)25(31)19-10-12-21(13-11-19)34-15-4-2/h7-14,17-18,24,31H,3-6,15-16H2,1-2H3/b25-23+. The minimum atomic E-state index is -0.841. The summed E-state index contributed by atoms with van der Waals surface area (Å²) in [7, 11) is 0. The average molecular weight is 507 g/mol. The van der Waals surface area contributed by atoms with Gasteiger partial charge in [0.25, 0.3) is 5.78 Å². The molecule has 0 radical (unpaired) electrons. The summed E-state index contributed by atoms with van der Waals surface area (Å²) in [5.41, 5.74) is 1.09. The molecule has 0 bridgehead atoms. The maximum absolute atomic E-state index is 13.3. The summed E-state index contributed by atoms with van der Waals surface area (Å²) in [4.78, 5) is 32.1. The first-order valence-corrected chi connectivity index (χ1v) is 13.1. The summed E-state index contributed by atoms with van der Waals surface area (Å²) < 4.78 is 11.5. The lowest BCUT2D eigenvalue weighted by Gasteiger charge is -2.23. The van der Waals surface area contributed by atoms with Gasteiger partial charge in [0.2, 0.25) is 0 Å². The topological polar surface area (TPSA) is 89.0 Å². The molecule has 36 heavy (non-hydrogen) atoms. The van der Waals surface area contributed by atoms with Crippen molar-refractivity contribution in [1.29, 1.82) is 0 Å². The van der Waals surface area contributed by atoms with Gasteiger partial charge >= 0.3 is 5.91 Å². The lowest BCUT2D eigenvalue weighted by Crippen LogP contribution is -2.29. The van der Waals surface area contributed by atoms with Crippen LogP contribution in [-0.4, -0.2) is 35.0 Å². The van der Waals surface area contributed by atoms with Crippen molar-refractivity contribution in [3.63, 3.8) is 0 Å². The normalized spacial score (nSPS) is 16.9. The van der Waals surface area contributed by atoms with Crippen molar-refractivity contribution in [2.75, 3.05) is 18.1 Å². The number of aliphatic hydroxyl groups is 1. The van der Waals surface area contributed by atoms with E-state index in [9.17, 15) is 14.7 Å². The first-order valence-electron chi connectivity index (χ1n) is 12.2. The number of hydrogen-bond acceptors (Lipinski definition) is 7. The van der Waals surface area contributed by atoms with Gasteiger partial charge in [-0.05, 0) is 54.8 Å². The number of amides is 1. The lowest BCUT2D eigenvalue weighted by molar-refractivity contribution is -0.132. The molecule has 1 saturated heterocycles. The highest BCUT2D eigenvalue weighted by Crippen LogP contribution is 2.43. The van der Waals surface area contributed by atoms with Crippen molar-refractivity contribution in [1.82, 2.24) is 4.98 Å². The molecule has 1 aliphatic rings. The molecular formula is C28H30N2O5S. The summed E-state index contributed by atoms with van der Waals surface area (Å²) in [6, 6.07) is 13.3. The summed E-state index contributed by atoms with van der Waals surface area (Å²) in [6.07, 6.45) is 5.57. The van der Waals surface area contributed by atoms with E-state index in [1.165, 1.54) is 16.2 Å². The molecule has 0 aliphatic carbocycles. The summed E-state index contributed by atoms with van der Waals surface area (Å²) in [5.74, 6) is -0.414. The van der Waals surface area contributed by atoms with E-state index in [0.29, 0.717) is 41.0 Å². The monoisotopic (exact) mass is 506 g/mol. The number of ether oxygens (including phenoxy) is 2. The van der Waals surface area contributed by atoms with Crippen LogP contribution in [0.5, 0.6) is 11.5 Å². The predicted octanol–water partition coefficient (Wildman–Crippen LogP) is 6.13. The molecular weight excluding hydrogens is 476 g/mol. The van der Waals surface area contributed by atoms with E-state index < -0.39 is 17.7 Å². The lowest BCUT2D eigenvalue weighted by atomic mass is 9.95. The molecule has 2 aromatic carbocycles. The zero-order chi connectivity index (χ0) is 25.5. The van der Waals surface area contributed by atoms with Crippen molar-refractivity contribution in [3.05, 3.63) is 76.8 Å². The van der Waals surface area contributed by atoms with Gasteiger partial charge in [-0.1, -0.05) is 38.8 Å². The Kier molecular flexibility index (Phi) is 8.38. The van der Waals surface area contributed by atoms with Gasteiger partial charge in [0.05, 0.1) is 24.8 Å². The highest BCUT2D eigenvalue weighted by atomic mass is 32.1. The summed E-state index contributed by atoms with van der Waals surface area (Å²) in [5, 5.41) is 13.4. The van der Waals surface area contributed by atoms with Crippen LogP contribution in [0.25, 0.3) is 5.76 Å². The first kappa shape index (κ1) is 25.4. The van der Waals surface area contributed by atoms with Gasteiger partial charge in [0.1, 0.15) is 17.3 Å². The molecule has 7 nitrogen and oxygen atoms in total. The van der Waals surface area contributed by atoms with E-state index in [1.54, 1.807) is 35.8 Å². The Hall–Kier alpha value is -3.65. The van der Waals surface area contributed by atoms with Gasteiger partial charge in [0.15, 0.2) is 5.13 Å². The quantitative estimate of drug-likeness (QED) is 0.146. The number of rotatable bonds is 11. The van der Waals surface area contributed by atoms with E-state index in [2.05, 4.69) is 11.9 Å². The fourth-order valence-electron chi connectivity index (χ4n) is 4.08. The molecule has 0 spiro atoms. The van der Waals surface area contributed by atoms with Crippen LogP contribution >= 0.6 is 11.3 Å². The second-order valence-electron chi connectivity index (χ2n) is 8.48. The molecule has 1 aliphatic heterocycles. The minimum absolute atomic E-state index is 0.0144. The molecule has 1 fully saturated rings. The highest BCUT2D eigenvalue weighted by Gasteiger charge is 2.48. The van der Waals surface area contributed by atoms with E-state index >= 15 is 0 Å². The van der Waals surface area contributed by atoms with Crippen LogP contribution in [0, 0.1) is 0 Å². The number of Topliss-reactive ketones (excluding diaryl/α,β-unsaturated/α-hetero) is 1. The largest absolute Gasteiger partial charge is 0.507 e. The molecule has 8 heteroatoms. The third-order valence-electron chi connectivity index (χ3n) is 5.86. The van der Waals surface area contributed by atoms with Crippen molar-refractivity contribution in [2.45, 2.75) is 45.6 Å². The third-order valence-corrected chi connectivity index (χ3v) is 6.63. The summed E-state index contributed by atoms with van der Waals surface area (Å²) >= 11 is 1.26. The Morgan fingerprint density at radius 3 is 2.47 bits per heavy atom. The van der Waals surface area contributed by atoms with Gasteiger partial charge in [-0.3, -0.25) is 14.5 Å². The molecule has 3 aromatic rings. The molecule has 188 valence electrons. The number of unbranched alkanes of at least 4 members (excludes halogenated alkanes) is 2. The predicted molar refractivity (Wildman–Crippen MR) is 141 cm³/mol. The minimum Gasteiger partial charge on any atom is -0.507 e. The molecule has 2 heterocycles. The van der Waals surface area contributed by atoms with Crippen molar-refractivity contribution in [2.24, 2.45) is 0 Å². The number of aliphatic hydroxyl groups excluding tert-OH is 1. The second-order valence-corrected chi connectivity index (χ2v) is 9.36. The van der Waals surface area contributed by atoms with E-state index in [-0.39, 0.29) is 11.3 Å². The maximum Gasteiger partial charge on any atom is 0.301 e. The number of benzene rings is 2. The molecule has 1 amide bonds. The molecule has 4 rings (SSSR count). The summed E-state index contributed by atoms with van der Waals surface area (Å²) in [6.45, 7) is 5.32. The number of hydrogen-bond donors (Lipinski definition) is 1. The number of carbonyl (C=O) groups is 2. The van der Waals surface area contributed by atoms with Gasteiger partial charge in [-0.25, -0.2) is 4.98 Å². The van der Waals surface area contributed by atoms with Crippen LogP contribution in [-0.2, 0) is 9.59 Å². The molecule has 0 saturated carbocycles. The molecule has 1 unspecified atom stereocenters. The van der Waals surface area contributed by atoms with Crippen LogP contribution in [0.2, 0.25) is 0 Å². The number of carbonyl (C=O) groups excluding carboxylic acids is 2. The fourth-order valence-corrected chi connectivity index (χ4v) is 4.75. The maximum atomic E-state index is 13.3. The Labute approximate surface area is 215 Å². The van der Waals surface area contributed by atoms with E-state index in [4.69, 9.17) is 9.47 Å². The molecule has 1 aromatic heterocycles. The Bertz CT molecular complexity index is 1220. The van der Waals surface area contributed by atoms with Gasteiger partial charge < -0.3 is 14.6 Å². The van der Waals surface area contributed by atoms with E-state index in [0.717, 1.165) is 25.7 Å². The average Bonchev–Trinajstić information content (AvgIpc) is 3.52. The Balaban J connectivity index is 1.75. The SMILES string of the molecule is CCCCCOc1cccc(C2/C(=C(\O)c3ccc(OCCC)cc3)C(=O)C(=O)N2c2nccs2)c1. The smallest absolute Gasteiger partial charge is 0.301 e. The van der Waals surface area contributed by atoms with Crippen LogP contribution < -0.4 is 14.4 Å². The zero-order valence-corrected chi connectivity index (χ0v) is 21.3. The number of thiazole rings is 1. The zero-order valence-electron chi connectivity index (χ0n) is 20.5. The Morgan fingerprint density at radius 2 is 1.78 bits per heavy atom.